The Morgan fingerprint density at radius 3 is 2.71 bits per heavy atom. The van der Waals surface area contributed by atoms with Gasteiger partial charge in [0.15, 0.2) is 0 Å². The SMILES string of the molecule is CCOC(=O)CCCc1nc(C(C)(C)C)cs1. The minimum absolute atomic E-state index is 0.107. The summed E-state index contributed by atoms with van der Waals surface area (Å²) in [6.07, 6.45) is 2.16. The van der Waals surface area contributed by atoms with Crippen molar-refractivity contribution in [1.29, 1.82) is 0 Å². The summed E-state index contributed by atoms with van der Waals surface area (Å²) in [5.41, 5.74) is 1.24. The molecule has 0 aliphatic carbocycles. The number of ether oxygens (including phenoxy) is 1. The van der Waals surface area contributed by atoms with Gasteiger partial charge in [-0.1, -0.05) is 20.8 Å². The predicted molar refractivity (Wildman–Crippen MR) is 70.4 cm³/mol. The maximum absolute atomic E-state index is 11.2. The van der Waals surface area contributed by atoms with E-state index in [9.17, 15) is 4.79 Å². The largest absolute Gasteiger partial charge is 0.466 e. The number of carbonyl (C=O) groups is 1. The summed E-state index contributed by atoms with van der Waals surface area (Å²) in [6.45, 7) is 8.76. The number of nitrogens with zero attached hydrogens (tertiary/aromatic N) is 1. The smallest absolute Gasteiger partial charge is 0.305 e. The molecular formula is C13H21NO2S. The summed E-state index contributed by atoms with van der Waals surface area (Å²) < 4.78 is 4.88. The first-order chi connectivity index (χ1) is 7.93. The van der Waals surface area contributed by atoms with E-state index in [-0.39, 0.29) is 11.4 Å². The first-order valence-electron chi connectivity index (χ1n) is 6.04. The summed E-state index contributed by atoms with van der Waals surface area (Å²) in [5, 5.41) is 3.22. The van der Waals surface area contributed by atoms with Crippen LogP contribution >= 0.6 is 11.3 Å². The quantitative estimate of drug-likeness (QED) is 0.758. The Kier molecular flexibility index (Phi) is 5.12. The van der Waals surface area contributed by atoms with E-state index in [2.05, 4.69) is 31.1 Å². The Labute approximate surface area is 107 Å². The lowest BCUT2D eigenvalue weighted by Crippen LogP contribution is -2.11. The van der Waals surface area contributed by atoms with Crippen LogP contribution in [0.1, 0.15) is 51.2 Å². The molecule has 3 nitrogen and oxygen atoms in total. The normalized spacial score (nSPS) is 11.5. The monoisotopic (exact) mass is 255 g/mol. The van der Waals surface area contributed by atoms with Crippen molar-refractivity contribution in [3.63, 3.8) is 0 Å². The summed E-state index contributed by atoms with van der Waals surface area (Å²) in [5.74, 6) is -0.111. The Balaban J connectivity index is 2.38. The van der Waals surface area contributed by atoms with Gasteiger partial charge in [-0.2, -0.15) is 0 Å². The van der Waals surface area contributed by atoms with Crippen LogP contribution in [0.25, 0.3) is 0 Å². The number of esters is 1. The fourth-order valence-electron chi connectivity index (χ4n) is 1.39. The van der Waals surface area contributed by atoms with Gasteiger partial charge >= 0.3 is 5.97 Å². The predicted octanol–water partition coefficient (Wildman–Crippen LogP) is 3.33. The van der Waals surface area contributed by atoms with Crippen molar-refractivity contribution in [3.8, 4) is 0 Å². The number of carbonyl (C=O) groups excluding carboxylic acids is 1. The molecule has 0 unspecified atom stereocenters. The molecule has 1 aromatic heterocycles. The molecule has 0 amide bonds. The zero-order chi connectivity index (χ0) is 12.9. The van der Waals surface area contributed by atoms with Crippen LogP contribution in [0.3, 0.4) is 0 Å². The van der Waals surface area contributed by atoms with Gasteiger partial charge in [0.2, 0.25) is 0 Å². The molecular weight excluding hydrogens is 234 g/mol. The average Bonchev–Trinajstić information content (AvgIpc) is 2.66. The number of hydrogen-bond donors (Lipinski definition) is 0. The number of aryl methyl sites for hydroxylation is 1. The van der Waals surface area contributed by atoms with Crippen LogP contribution in [0.5, 0.6) is 0 Å². The lowest BCUT2D eigenvalue weighted by Gasteiger charge is -2.14. The van der Waals surface area contributed by atoms with Gasteiger partial charge in [0.25, 0.3) is 0 Å². The second kappa shape index (κ2) is 6.15. The van der Waals surface area contributed by atoms with Crippen LogP contribution in [0, 0.1) is 0 Å². The van der Waals surface area contributed by atoms with Crippen LogP contribution in [-0.4, -0.2) is 17.6 Å². The summed E-state index contributed by atoms with van der Waals surface area (Å²) in [6, 6.07) is 0. The molecule has 0 aliphatic rings. The molecule has 1 heterocycles. The standard InChI is InChI=1S/C13H21NO2S/c1-5-16-12(15)8-6-7-11-14-10(9-17-11)13(2,3)4/h9H,5-8H2,1-4H3. The van der Waals surface area contributed by atoms with Gasteiger partial charge in [-0.05, 0) is 19.8 Å². The van der Waals surface area contributed by atoms with Gasteiger partial charge in [-0.15, -0.1) is 11.3 Å². The highest BCUT2D eigenvalue weighted by Crippen LogP contribution is 2.24. The molecule has 1 aromatic rings. The second-order valence-corrected chi connectivity index (χ2v) is 5.98. The Hall–Kier alpha value is -0.900. The summed E-state index contributed by atoms with van der Waals surface area (Å²) in [4.78, 5) is 15.7. The van der Waals surface area contributed by atoms with Crippen molar-refractivity contribution >= 4 is 17.3 Å². The maximum Gasteiger partial charge on any atom is 0.305 e. The number of hydrogen-bond acceptors (Lipinski definition) is 4. The topological polar surface area (TPSA) is 39.2 Å². The van der Waals surface area contributed by atoms with Crippen LogP contribution < -0.4 is 0 Å². The fraction of sp³-hybridized carbons (Fsp3) is 0.692. The molecule has 1 rings (SSSR count). The highest BCUT2D eigenvalue weighted by atomic mass is 32.1. The second-order valence-electron chi connectivity index (χ2n) is 5.04. The zero-order valence-electron chi connectivity index (χ0n) is 11.1. The van der Waals surface area contributed by atoms with Crippen LogP contribution in [0.4, 0.5) is 0 Å². The molecule has 0 saturated carbocycles. The van der Waals surface area contributed by atoms with E-state index in [1.807, 2.05) is 6.92 Å². The third kappa shape index (κ3) is 4.86. The highest BCUT2D eigenvalue weighted by Gasteiger charge is 2.17. The van der Waals surface area contributed by atoms with Gasteiger partial charge in [0.05, 0.1) is 17.3 Å². The fourth-order valence-corrected chi connectivity index (χ4v) is 2.45. The Bertz CT molecular complexity index is 366. The molecule has 0 bridgehead atoms. The molecule has 0 aliphatic heterocycles. The van der Waals surface area contributed by atoms with Gasteiger partial charge in [0, 0.05) is 17.2 Å². The maximum atomic E-state index is 11.2. The third-order valence-corrected chi connectivity index (χ3v) is 3.31. The minimum Gasteiger partial charge on any atom is -0.466 e. The number of thiazole rings is 1. The Morgan fingerprint density at radius 2 is 2.18 bits per heavy atom. The molecule has 17 heavy (non-hydrogen) atoms. The van der Waals surface area contributed by atoms with E-state index in [1.165, 1.54) is 0 Å². The van der Waals surface area contributed by atoms with Gasteiger partial charge in [-0.3, -0.25) is 4.79 Å². The van der Waals surface area contributed by atoms with Crippen molar-refractivity contribution in [2.75, 3.05) is 6.61 Å². The molecule has 0 aromatic carbocycles. The van der Waals surface area contributed by atoms with Crippen molar-refractivity contribution in [2.24, 2.45) is 0 Å². The summed E-state index contributed by atoms with van der Waals surface area (Å²) in [7, 11) is 0. The zero-order valence-corrected chi connectivity index (χ0v) is 11.9. The summed E-state index contributed by atoms with van der Waals surface area (Å²) >= 11 is 1.68. The lowest BCUT2D eigenvalue weighted by molar-refractivity contribution is -0.143. The van der Waals surface area contributed by atoms with Crippen molar-refractivity contribution < 1.29 is 9.53 Å². The van der Waals surface area contributed by atoms with Crippen molar-refractivity contribution in [3.05, 3.63) is 16.1 Å². The van der Waals surface area contributed by atoms with Gasteiger partial charge in [0.1, 0.15) is 0 Å². The third-order valence-electron chi connectivity index (χ3n) is 2.40. The van der Waals surface area contributed by atoms with Crippen LogP contribution in [0.15, 0.2) is 5.38 Å². The van der Waals surface area contributed by atoms with E-state index in [0.717, 1.165) is 23.5 Å². The molecule has 0 N–H and O–H groups in total. The van der Waals surface area contributed by atoms with Crippen molar-refractivity contribution in [2.45, 2.75) is 52.4 Å². The van der Waals surface area contributed by atoms with E-state index >= 15 is 0 Å². The molecule has 0 fully saturated rings. The van der Waals surface area contributed by atoms with Gasteiger partial charge < -0.3 is 4.74 Å². The average molecular weight is 255 g/mol. The Morgan fingerprint density at radius 1 is 1.47 bits per heavy atom. The van der Waals surface area contributed by atoms with Crippen molar-refractivity contribution in [1.82, 2.24) is 4.98 Å². The van der Waals surface area contributed by atoms with Crippen LogP contribution in [0.2, 0.25) is 0 Å². The molecule has 0 radical (unpaired) electrons. The highest BCUT2D eigenvalue weighted by molar-refractivity contribution is 7.09. The van der Waals surface area contributed by atoms with E-state index < -0.39 is 0 Å². The van der Waals surface area contributed by atoms with E-state index in [0.29, 0.717) is 13.0 Å². The van der Waals surface area contributed by atoms with Gasteiger partial charge in [-0.25, -0.2) is 4.98 Å². The van der Waals surface area contributed by atoms with E-state index in [1.54, 1.807) is 11.3 Å². The first kappa shape index (κ1) is 14.2. The minimum atomic E-state index is -0.111. The lowest BCUT2D eigenvalue weighted by atomic mass is 9.93. The molecule has 4 heteroatoms. The van der Waals surface area contributed by atoms with E-state index in [4.69, 9.17) is 4.74 Å². The molecule has 0 saturated heterocycles. The number of rotatable bonds is 5. The first-order valence-corrected chi connectivity index (χ1v) is 6.92. The molecule has 96 valence electrons. The van der Waals surface area contributed by atoms with Crippen LogP contribution in [-0.2, 0) is 21.4 Å². The molecule has 0 atom stereocenters. The molecule has 0 spiro atoms. The number of aromatic nitrogens is 1.